The number of hydrogen-bond donors (Lipinski definition) is 5. The van der Waals surface area contributed by atoms with Gasteiger partial charge < -0.3 is 31.2 Å². The summed E-state index contributed by atoms with van der Waals surface area (Å²) in [6.45, 7) is 3.85. The van der Waals surface area contributed by atoms with Crippen molar-refractivity contribution in [1.29, 1.82) is 0 Å². The Hall–Kier alpha value is -3.22. The minimum Gasteiger partial charge on any atom is -0.394 e. The molecule has 5 heterocycles. The number of ether oxygens (including phenoxy) is 2. The van der Waals surface area contributed by atoms with Crippen LogP contribution in [0.15, 0.2) is 28.2 Å². The molecule has 7 atom stereocenters. The summed E-state index contributed by atoms with van der Waals surface area (Å²) < 4.78 is 43.0. The van der Waals surface area contributed by atoms with Gasteiger partial charge in [0.05, 0.1) is 25.6 Å². The van der Waals surface area contributed by atoms with Gasteiger partial charge in [0.15, 0.2) is 11.2 Å². The highest BCUT2D eigenvalue weighted by atomic mass is 31.2. The van der Waals surface area contributed by atoms with Crippen molar-refractivity contribution in [3.05, 3.63) is 39.4 Å². The van der Waals surface area contributed by atoms with Crippen LogP contribution < -0.4 is 22.7 Å². The van der Waals surface area contributed by atoms with E-state index in [1.54, 1.807) is 4.67 Å². The monoisotopic (exact) mass is 639 g/mol. The minimum atomic E-state index is -4.08. The smallest absolute Gasteiger partial charge is 0.394 e. The molecule has 0 aliphatic carbocycles. The lowest BCUT2D eigenvalue weighted by Gasteiger charge is -2.33. The number of aliphatic hydroxyl groups excluding tert-OH is 2. The molecule has 242 valence electrons. The topological polar surface area (TPSA) is 248 Å². The second-order valence-electron chi connectivity index (χ2n) is 10.7. The number of aliphatic hydroxyl groups is 2. The van der Waals surface area contributed by atoms with Gasteiger partial charge in [0, 0.05) is 32.1 Å². The zero-order valence-electron chi connectivity index (χ0n) is 24.4. The van der Waals surface area contributed by atoms with E-state index in [0.29, 0.717) is 25.9 Å². The second-order valence-corrected chi connectivity index (χ2v) is 12.6. The summed E-state index contributed by atoms with van der Waals surface area (Å²) in [6, 6.07) is 1.44. The van der Waals surface area contributed by atoms with Crippen molar-refractivity contribution in [3.8, 4) is 0 Å². The number of aromatic amines is 1. The highest BCUT2D eigenvalue weighted by Gasteiger charge is 2.46. The molecule has 0 bridgehead atoms. The SMILES string of the molecule is CCCN(CCC)P(=O)(OC[C@H]1O[C@@H](n2ccc(N)nc2=O)C[C@H]1O)O[C@@H]1C[C@H](n2cnc3c(=O)[nH]c(N)nc32)O[C@@H]1CO. The molecule has 5 rings (SSSR count). The third kappa shape index (κ3) is 6.57. The minimum absolute atomic E-state index is 0.0595. The molecule has 0 radical (unpaired) electrons. The first-order chi connectivity index (χ1) is 21.1. The molecule has 18 nitrogen and oxygen atoms in total. The van der Waals surface area contributed by atoms with E-state index in [-0.39, 0.29) is 42.4 Å². The maximum absolute atomic E-state index is 14.5. The van der Waals surface area contributed by atoms with Crippen LogP contribution in [-0.2, 0) is 23.1 Å². The third-order valence-electron chi connectivity index (χ3n) is 7.47. The van der Waals surface area contributed by atoms with Gasteiger partial charge in [0.2, 0.25) is 5.95 Å². The Balaban J connectivity index is 1.35. The van der Waals surface area contributed by atoms with Crippen molar-refractivity contribution in [2.45, 2.75) is 76.4 Å². The Morgan fingerprint density at radius 2 is 1.82 bits per heavy atom. The zero-order chi connectivity index (χ0) is 31.6. The van der Waals surface area contributed by atoms with Crippen molar-refractivity contribution < 1.29 is 33.3 Å². The lowest BCUT2D eigenvalue weighted by molar-refractivity contribution is -0.0551. The number of H-pyrrole nitrogens is 1. The van der Waals surface area contributed by atoms with E-state index < -0.39 is 62.5 Å². The number of nitrogens with one attached hydrogen (secondary N) is 1. The van der Waals surface area contributed by atoms with Gasteiger partial charge in [-0.15, -0.1) is 0 Å². The summed E-state index contributed by atoms with van der Waals surface area (Å²) in [5.74, 6) is -0.0400. The van der Waals surface area contributed by atoms with E-state index >= 15 is 0 Å². The van der Waals surface area contributed by atoms with E-state index in [4.69, 9.17) is 30.0 Å². The molecule has 7 N–H and O–H groups in total. The molecule has 2 saturated heterocycles. The van der Waals surface area contributed by atoms with Gasteiger partial charge in [-0.3, -0.25) is 28.0 Å². The van der Waals surface area contributed by atoms with E-state index in [1.807, 2.05) is 13.8 Å². The van der Waals surface area contributed by atoms with E-state index in [1.165, 1.54) is 27.7 Å². The van der Waals surface area contributed by atoms with Crippen molar-refractivity contribution in [1.82, 2.24) is 33.7 Å². The van der Waals surface area contributed by atoms with Crippen LogP contribution in [0.5, 0.6) is 0 Å². The van der Waals surface area contributed by atoms with Gasteiger partial charge in [0.25, 0.3) is 5.56 Å². The number of rotatable bonds is 13. The lowest BCUT2D eigenvalue weighted by Crippen LogP contribution is -2.34. The molecule has 0 amide bonds. The van der Waals surface area contributed by atoms with Crippen LogP contribution >= 0.6 is 7.75 Å². The molecule has 0 aromatic carbocycles. The number of imidazole rings is 1. The molecule has 0 spiro atoms. The molecular weight excluding hydrogens is 601 g/mol. The fourth-order valence-corrected chi connectivity index (χ4v) is 7.52. The summed E-state index contributed by atoms with van der Waals surface area (Å²) in [5.41, 5.74) is 10.4. The fraction of sp³-hybridized carbons (Fsp3) is 0.640. The standard InChI is InChI=1S/C25H38N9O9P/c1-3-6-32(7-4-2)44(39,40-12-17-14(36)9-19(42-17)33-8-5-18(26)29-25(33)38)43-15-10-20(41-16(15)11-35)34-13-28-21-22(34)30-24(27)31-23(21)37/h5,8,13-17,19-20,35-36H,3-4,6-7,9-12H2,1-2H3,(H2,26,29,38)(H3,27,30,31,37)/t14-,15-,16-,17-,19-,20-,44?/m1/s1. The molecule has 3 aromatic heterocycles. The maximum Gasteiger partial charge on any atom is 0.408 e. The van der Waals surface area contributed by atoms with Gasteiger partial charge in [0.1, 0.15) is 36.6 Å². The summed E-state index contributed by atoms with van der Waals surface area (Å²) in [7, 11) is -4.08. The average Bonchev–Trinajstić information content (AvgIpc) is 3.68. The number of nitrogens with zero attached hydrogens (tertiary/aromatic N) is 6. The van der Waals surface area contributed by atoms with Gasteiger partial charge >= 0.3 is 13.4 Å². The normalized spacial score (nSPS) is 26.9. The number of anilines is 2. The van der Waals surface area contributed by atoms with Crippen molar-refractivity contribution >= 4 is 30.7 Å². The number of fused-ring (bicyclic) bond motifs is 1. The van der Waals surface area contributed by atoms with Crippen LogP contribution in [-0.4, -0.2) is 94.7 Å². The van der Waals surface area contributed by atoms with Gasteiger partial charge in [-0.1, -0.05) is 13.8 Å². The summed E-state index contributed by atoms with van der Waals surface area (Å²) in [6.07, 6.45) is -1.09. The first kappa shape index (κ1) is 32.2. The number of hydrogen-bond acceptors (Lipinski definition) is 14. The highest BCUT2D eigenvalue weighted by molar-refractivity contribution is 7.51. The molecule has 0 saturated carbocycles. The molecule has 2 fully saturated rings. The van der Waals surface area contributed by atoms with Gasteiger partial charge in [-0.25, -0.2) is 19.0 Å². The van der Waals surface area contributed by atoms with Crippen molar-refractivity contribution in [2.75, 3.05) is 37.8 Å². The molecule has 19 heteroatoms. The van der Waals surface area contributed by atoms with E-state index in [0.717, 1.165) is 0 Å². The summed E-state index contributed by atoms with van der Waals surface area (Å²) >= 11 is 0. The van der Waals surface area contributed by atoms with Crippen molar-refractivity contribution in [2.24, 2.45) is 0 Å². The third-order valence-corrected chi connectivity index (χ3v) is 9.57. The van der Waals surface area contributed by atoms with Gasteiger partial charge in [-0.05, 0) is 18.9 Å². The number of aromatic nitrogens is 6. The number of nitrogen functional groups attached to an aromatic ring is 2. The Morgan fingerprint density at radius 1 is 1.11 bits per heavy atom. The lowest BCUT2D eigenvalue weighted by atomic mass is 10.2. The maximum atomic E-state index is 14.5. The molecule has 1 unspecified atom stereocenters. The number of nitrogens with two attached hydrogens (primary N) is 2. The fourth-order valence-electron chi connectivity index (χ4n) is 5.37. The quantitative estimate of drug-likeness (QED) is 0.156. The zero-order valence-corrected chi connectivity index (χ0v) is 25.3. The van der Waals surface area contributed by atoms with Crippen LogP contribution in [0.1, 0.15) is 52.0 Å². The Morgan fingerprint density at radius 3 is 2.50 bits per heavy atom. The van der Waals surface area contributed by atoms with Crippen LogP contribution in [0.25, 0.3) is 11.2 Å². The first-order valence-electron chi connectivity index (χ1n) is 14.4. The van der Waals surface area contributed by atoms with Crippen molar-refractivity contribution in [3.63, 3.8) is 0 Å². The Bertz CT molecular complexity index is 1610. The van der Waals surface area contributed by atoms with E-state index in [9.17, 15) is 24.4 Å². The largest absolute Gasteiger partial charge is 0.408 e. The molecule has 2 aliphatic rings. The van der Waals surface area contributed by atoms with Crippen LogP contribution in [0, 0.1) is 0 Å². The van der Waals surface area contributed by atoms with Crippen LogP contribution in [0.4, 0.5) is 11.8 Å². The molecular formula is C25H38N9O9P. The Kier molecular flexibility index (Phi) is 9.81. The Labute approximate surface area is 251 Å². The summed E-state index contributed by atoms with van der Waals surface area (Å²) in [5, 5.41) is 20.9. The van der Waals surface area contributed by atoms with Gasteiger partial charge in [-0.2, -0.15) is 9.97 Å². The molecule has 2 aliphatic heterocycles. The highest BCUT2D eigenvalue weighted by Crippen LogP contribution is 2.56. The molecule has 3 aromatic rings. The second kappa shape index (κ2) is 13.4. The van der Waals surface area contributed by atoms with E-state index in [2.05, 4.69) is 19.9 Å². The predicted octanol–water partition coefficient (Wildman–Crippen LogP) is 0.101. The molecule has 44 heavy (non-hydrogen) atoms. The van der Waals surface area contributed by atoms with Crippen LogP contribution in [0.2, 0.25) is 0 Å². The van der Waals surface area contributed by atoms with Crippen LogP contribution in [0.3, 0.4) is 0 Å². The predicted molar refractivity (Wildman–Crippen MR) is 156 cm³/mol. The average molecular weight is 640 g/mol. The first-order valence-corrected chi connectivity index (χ1v) is 15.9. The summed E-state index contributed by atoms with van der Waals surface area (Å²) in [4.78, 5) is 38.9.